The summed E-state index contributed by atoms with van der Waals surface area (Å²) in [4.78, 5) is 18.4. The molecular weight excluding hydrogens is 489 g/mol. The van der Waals surface area contributed by atoms with E-state index in [0.717, 1.165) is 61.9 Å². The number of aliphatic imine (C=N–C) groups is 1. The van der Waals surface area contributed by atoms with Crippen LogP contribution >= 0.6 is 24.0 Å². The fourth-order valence-electron chi connectivity index (χ4n) is 3.30. The third-order valence-electron chi connectivity index (χ3n) is 4.83. The molecule has 0 aliphatic carbocycles. The van der Waals surface area contributed by atoms with Crippen LogP contribution in [0.4, 0.5) is 11.4 Å². The maximum atomic E-state index is 11.9. The van der Waals surface area contributed by atoms with Gasteiger partial charge in [0.05, 0.1) is 6.54 Å². The minimum absolute atomic E-state index is 0. The first-order valence-corrected chi connectivity index (χ1v) is 10.5. The Hall–Kier alpha value is -2.29. The number of nitrogens with zero attached hydrogens (tertiary/aromatic N) is 2. The van der Waals surface area contributed by atoms with Crippen molar-refractivity contribution in [2.24, 2.45) is 4.99 Å². The van der Waals surface area contributed by atoms with Crippen molar-refractivity contribution in [1.82, 2.24) is 10.6 Å². The second-order valence-corrected chi connectivity index (χ2v) is 7.08. The third kappa shape index (κ3) is 7.51. The van der Waals surface area contributed by atoms with E-state index >= 15 is 0 Å². The summed E-state index contributed by atoms with van der Waals surface area (Å²) < 4.78 is 0. The van der Waals surface area contributed by atoms with E-state index in [4.69, 9.17) is 0 Å². The molecule has 1 aliphatic heterocycles. The number of nitrogens with one attached hydrogen (secondary N) is 3. The average molecular weight is 521 g/mol. The van der Waals surface area contributed by atoms with E-state index in [9.17, 15) is 4.79 Å². The maximum absolute atomic E-state index is 11.9. The third-order valence-corrected chi connectivity index (χ3v) is 4.83. The van der Waals surface area contributed by atoms with E-state index in [1.807, 2.05) is 35.2 Å². The number of hydrogen-bond donors (Lipinski definition) is 3. The summed E-state index contributed by atoms with van der Waals surface area (Å²) >= 11 is 0. The molecule has 6 nitrogen and oxygen atoms in total. The van der Waals surface area contributed by atoms with Crippen molar-refractivity contribution in [2.45, 2.75) is 32.7 Å². The molecule has 3 N–H and O–H groups in total. The molecule has 0 aromatic heterocycles. The normalized spacial score (nSPS) is 13.7. The van der Waals surface area contributed by atoms with Crippen molar-refractivity contribution in [3.05, 3.63) is 60.2 Å². The molecule has 3 rings (SSSR count). The number of anilines is 2. The molecule has 30 heavy (non-hydrogen) atoms. The molecule has 2 aromatic rings. The van der Waals surface area contributed by atoms with Crippen LogP contribution in [-0.4, -0.2) is 38.0 Å². The van der Waals surface area contributed by atoms with Crippen LogP contribution in [-0.2, 0) is 11.3 Å². The fourth-order valence-corrected chi connectivity index (χ4v) is 3.30. The number of amides is 1. The van der Waals surface area contributed by atoms with Crippen LogP contribution in [0.5, 0.6) is 0 Å². The smallest absolute Gasteiger partial charge is 0.227 e. The molecule has 0 bridgehead atoms. The molecule has 162 valence electrons. The second-order valence-electron chi connectivity index (χ2n) is 7.08. The van der Waals surface area contributed by atoms with Crippen molar-refractivity contribution >= 4 is 47.2 Å². The Labute approximate surface area is 196 Å². The van der Waals surface area contributed by atoms with E-state index in [1.54, 1.807) is 0 Å². The fraction of sp³-hybridized carbons (Fsp3) is 0.391. The number of guanidine groups is 1. The Morgan fingerprint density at radius 1 is 1.03 bits per heavy atom. The highest BCUT2D eigenvalue weighted by Gasteiger charge is 2.21. The van der Waals surface area contributed by atoms with Crippen LogP contribution in [0.2, 0.25) is 0 Å². The molecule has 1 amide bonds. The van der Waals surface area contributed by atoms with Crippen LogP contribution < -0.4 is 20.9 Å². The van der Waals surface area contributed by atoms with Gasteiger partial charge in [-0.1, -0.05) is 30.3 Å². The van der Waals surface area contributed by atoms with Gasteiger partial charge in [0.25, 0.3) is 0 Å². The van der Waals surface area contributed by atoms with Gasteiger partial charge in [-0.2, -0.15) is 0 Å². The highest BCUT2D eigenvalue weighted by molar-refractivity contribution is 14.0. The number of halogens is 1. The van der Waals surface area contributed by atoms with Gasteiger partial charge < -0.3 is 20.9 Å². The summed E-state index contributed by atoms with van der Waals surface area (Å²) in [7, 11) is 0. The second kappa shape index (κ2) is 13.1. The first kappa shape index (κ1) is 24.0. The van der Waals surface area contributed by atoms with Crippen LogP contribution in [0.25, 0.3) is 0 Å². The first-order chi connectivity index (χ1) is 14.3. The van der Waals surface area contributed by atoms with Crippen molar-refractivity contribution in [2.75, 3.05) is 36.4 Å². The lowest BCUT2D eigenvalue weighted by atomic mass is 10.2. The molecule has 1 aliphatic rings. The zero-order chi connectivity index (χ0) is 20.3. The van der Waals surface area contributed by atoms with Crippen molar-refractivity contribution in [1.29, 1.82) is 0 Å². The number of benzene rings is 2. The van der Waals surface area contributed by atoms with Gasteiger partial charge in [-0.05, 0) is 49.6 Å². The molecule has 0 radical (unpaired) electrons. The lowest BCUT2D eigenvalue weighted by Crippen LogP contribution is -2.38. The van der Waals surface area contributed by atoms with Crippen molar-refractivity contribution < 1.29 is 4.79 Å². The van der Waals surface area contributed by atoms with Gasteiger partial charge in [0.2, 0.25) is 5.91 Å². The van der Waals surface area contributed by atoms with E-state index in [0.29, 0.717) is 13.0 Å². The standard InChI is InChI=1S/C23H31N5O.HI/c1-2-24-23(26-16-7-15-25-20-8-4-3-5-9-20)27-18-19-11-13-21(14-12-19)28-17-6-10-22(28)29;/h3-5,8-9,11-14,25H,2,6-7,10,15-18H2,1H3,(H2,24,26,27);1H. The van der Waals surface area contributed by atoms with Crippen LogP contribution in [0.15, 0.2) is 59.6 Å². The van der Waals surface area contributed by atoms with Crippen molar-refractivity contribution in [3.63, 3.8) is 0 Å². The zero-order valence-electron chi connectivity index (χ0n) is 17.6. The molecule has 1 heterocycles. The molecule has 0 saturated carbocycles. The Morgan fingerprint density at radius 3 is 2.47 bits per heavy atom. The molecule has 0 spiro atoms. The highest BCUT2D eigenvalue weighted by Crippen LogP contribution is 2.21. The number of hydrogen-bond acceptors (Lipinski definition) is 3. The zero-order valence-corrected chi connectivity index (χ0v) is 19.9. The molecule has 0 unspecified atom stereocenters. The van der Waals surface area contributed by atoms with Crippen molar-refractivity contribution in [3.8, 4) is 0 Å². The first-order valence-electron chi connectivity index (χ1n) is 10.5. The molecule has 2 aromatic carbocycles. The van der Waals surface area contributed by atoms with Gasteiger partial charge >= 0.3 is 0 Å². The van der Waals surface area contributed by atoms with Crippen LogP contribution in [0.1, 0.15) is 31.7 Å². The summed E-state index contributed by atoms with van der Waals surface area (Å²) in [6, 6.07) is 18.4. The summed E-state index contributed by atoms with van der Waals surface area (Å²) in [6.07, 6.45) is 2.60. The number of carbonyl (C=O) groups excluding carboxylic acids is 1. The van der Waals surface area contributed by atoms with E-state index in [2.05, 4.69) is 52.1 Å². The molecule has 0 atom stereocenters. The number of para-hydroxylation sites is 1. The lowest BCUT2D eigenvalue weighted by molar-refractivity contribution is -0.117. The van der Waals surface area contributed by atoms with E-state index < -0.39 is 0 Å². The quantitative estimate of drug-likeness (QED) is 0.202. The summed E-state index contributed by atoms with van der Waals surface area (Å²) in [5.74, 6) is 1.04. The van der Waals surface area contributed by atoms with Gasteiger partial charge in [0, 0.05) is 44.0 Å². The minimum Gasteiger partial charge on any atom is -0.385 e. The largest absolute Gasteiger partial charge is 0.385 e. The number of carbonyl (C=O) groups is 1. The van der Waals surface area contributed by atoms with Gasteiger partial charge in [-0.3, -0.25) is 4.79 Å². The summed E-state index contributed by atoms with van der Waals surface area (Å²) in [6.45, 7) is 6.07. The molecule has 1 saturated heterocycles. The van der Waals surface area contributed by atoms with Crippen LogP contribution in [0.3, 0.4) is 0 Å². The molecule has 1 fully saturated rings. The predicted molar refractivity (Wildman–Crippen MR) is 136 cm³/mol. The van der Waals surface area contributed by atoms with Gasteiger partial charge in [0.1, 0.15) is 0 Å². The van der Waals surface area contributed by atoms with Gasteiger partial charge in [0.15, 0.2) is 5.96 Å². The van der Waals surface area contributed by atoms with Crippen LogP contribution in [0, 0.1) is 0 Å². The summed E-state index contributed by atoms with van der Waals surface area (Å²) in [5.41, 5.74) is 3.26. The topological polar surface area (TPSA) is 68.8 Å². The SMILES string of the molecule is CCNC(=NCc1ccc(N2CCCC2=O)cc1)NCCCNc1ccccc1.I. The predicted octanol–water partition coefficient (Wildman–Crippen LogP) is 3.99. The summed E-state index contributed by atoms with van der Waals surface area (Å²) in [5, 5.41) is 10.1. The Bertz CT molecular complexity index is 795. The Morgan fingerprint density at radius 2 is 1.80 bits per heavy atom. The van der Waals surface area contributed by atoms with E-state index in [-0.39, 0.29) is 29.9 Å². The minimum atomic E-state index is 0. The van der Waals surface area contributed by atoms with Gasteiger partial charge in [-0.25, -0.2) is 4.99 Å². The Kier molecular flexibility index (Phi) is 10.5. The molecular formula is C23H32IN5O. The van der Waals surface area contributed by atoms with E-state index in [1.165, 1.54) is 0 Å². The monoisotopic (exact) mass is 521 g/mol. The number of rotatable bonds is 9. The lowest BCUT2D eigenvalue weighted by Gasteiger charge is -2.16. The maximum Gasteiger partial charge on any atom is 0.227 e. The van der Waals surface area contributed by atoms with Gasteiger partial charge in [-0.15, -0.1) is 24.0 Å². The Balaban J connectivity index is 0.00000320. The highest BCUT2D eigenvalue weighted by atomic mass is 127. The average Bonchev–Trinajstić information content (AvgIpc) is 3.18. The molecule has 7 heteroatoms.